The second kappa shape index (κ2) is 15.5. The van der Waals surface area contributed by atoms with Crippen molar-refractivity contribution in [1.29, 1.82) is 0 Å². The van der Waals surface area contributed by atoms with Gasteiger partial charge in [-0.3, -0.25) is 20.3 Å². The number of hydrogen-bond donors (Lipinski definition) is 2. The molecule has 3 aromatic rings. The minimum absolute atomic E-state index is 0.00754. The lowest BCUT2D eigenvalue weighted by Gasteiger charge is -2.32. The Morgan fingerprint density at radius 3 is 2.33 bits per heavy atom. The summed E-state index contributed by atoms with van der Waals surface area (Å²) in [6.45, 7) is 6.63. The Morgan fingerprint density at radius 2 is 1.71 bits per heavy atom. The quantitative estimate of drug-likeness (QED) is 0.0864. The van der Waals surface area contributed by atoms with Crippen molar-refractivity contribution < 1.29 is 27.6 Å². The summed E-state index contributed by atoms with van der Waals surface area (Å²) in [4.78, 5) is 25.2. The van der Waals surface area contributed by atoms with Crippen LogP contribution >= 0.6 is 0 Å². The summed E-state index contributed by atoms with van der Waals surface area (Å²) in [5.41, 5.74) is 6.81. The monoisotopic (exact) mass is 625 g/mol. The molecule has 0 saturated carbocycles. The van der Waals surface area contributed by atoms with Gasteiger partial charge in [-0.15, -0.1) is 13.2 Å². The molecule has 1 saturated heterocycles. The van der Waals surface area contributed by atoms with Crippen LogP contribution in [-0.2, 0) is 4.79 Å². The number of nitro groups is 1. The summed E-state index contributed by atoms with van der Waals surface area (Å²) in [6.07, 6.45) is -0.345. The van der Waals surface area contributed by atoms with Gasteiger partial charge in [-0.25, -0.2) is 0 Å². The number of hydrazone groups is 1. The molecule has 1 aliphatic heterocycles. The maximum Gasteiger partial charge on any atom is 0.573 e. The number of unbranched alkanes of at least 4 members (excludes halogenated alkanes) is 1. The van der Waals surface area contributed by atoms with Crippen LogP contribution in [0.15, 0.2) is 77.9 Å². The molecule has 45 heavy (non-hydrogen) atoms. The molecule has 0 spiro atoms. The number of nitro benzene ring substituents is 1. The molecule has 0 atom stereocenters. The van der Waals surface area contributed by atoms with Gasteiger partial charge in [0.2, 0.25) is 5.91 Å². The van der Waals surface area contributed by atoms with Crippen LogP contribution in [0.2, 0.25) is 0 Å². The largest absolute Gasteiger partial charge is 0.573 e. The number of anilines is 2. The van der Waals surface area contributed by atoms with E-state index in [0.29, 0.717) is 23.7 Å². The lowest BCUT2D eigenvalue weighted by atomic mass is 9.89. The Kier molecular flexibility index (Phi) is 11.5. The average Bonchev–Trinajstić information content (AvgIpc) is 3.01. The molecule has 0 aromatic heterocycles. The van der Waals surface area contributed by atoms with Crippen molar-refractivity contribution in [1.82, 2.24) is 4.90 Å². The maximum absolute atomic E-state index is 12.5. The van der Waals surface area contributed by atoms with Crippen LogP contribution in [0, 0.1) is 16.0 Å². The Balaban J connectivity index is 1.30. The van der Waals surface area contributed by atoms with E-state index in [1.165, 1.54) is 42.0 Å². The van der Waals surface area contributed by atoms with Crippen molar-refractivity contribution in [3.8, 4) is 5.75 Å². The number of benzene rings is 3. The summed E-state index contributed by atoms with van der Waals surface area (Å²) in [5, 5.41) is 18.6. The molecule has 0 unspecified atom stereocenters. The van der Waals surface area contributed by atoms with Crippen LogP contribution < -0.4 is 15.5 Å². The van der Waals surface area contributed by atoms with Gasteiger partial charge in [0.25, 0.3) is 5.69 Å². The van der Waals surface area contributed by atoms with Gasteiger partial charge in [-0.2, -0.15) is 5.10 Å². The summed E-state index contributed by atoms with van der Waals surface area (Å²) in [6, 6.07) is 19.5. The molecular formula is C33H38F3N5O4. The molecule has 0 aliphatic carbocycles. The third kappa shape index (κ3) is 10.6. The van der Waals surface area contributed by atoms with Crippen molar-refractivity contribution in [2.24, 2.45) is 11.0 Å². The number of carbonyl (C=O) groups excluding carboxylic acids is 1. The summed E-state index contributed by atoms with van der Waals surface area (Å²) >= 11 is 0. The lowest BCUT2D eigenvalue weighted by molar-refractivity contribution is -0.384. The third-order valence-electron chi connectivity index (χ3n) is 7.69. The topological polar surface area (TPSA) is 109 Å². The Labute approximate surface area is 260 Å². The van der Waals surface area contributed by atoms with Gasteiger partial charge >= 0.3 is 6.36 Å². The van der Waals surface area contributed by atoms with Crippen LogP contribution in [-0.4, -0.2) is 47.4 Å². The first-order chi connectivity index (χ1) is 21.5. The van der Waals surface area contributed by atoms with E-state index < -0.39 is 11.3 Å². The van der Waals surface area contributed by atoms with E-state index in [9.17, 15) is 28.1 Å². The second-order valence-corrected chi connectivity index (χ2v) is 11.4. The second-order valence-electron chi connectivity index (χ2n) is 11.4. The van der Waals surface area contributed by atoms with E-state index in [4.69, 9.17) is 0 Å². The lowest BCUT2D eigenvalue weighted by Crippen LogP contribution is -2.33. The van der Waals surface area contributed by atoms with Crippen molar-refractivity contribution in [3.05, 3.63) is 94.0 Å². The van der Waals surface area contributed by atoms with Gasteiger partial charge in [0.1, 0.15) is 5.75 Å². The van der Waals surface area contributed by atoms with Crippen molar-refractivity contribution in [3.63, 3.8) is 0 Å². The van der Waals surface area contributed by atoms with Gasteiger partial charge in [0.05, 0.1) is 16.3 Å². The number of halogens is 3. The molecule has 9 nitrogen and oxygen atoms in total. The van der Waals surface area contributed by atoms with Crippen LogP contribution in [0.5, 0.6) is 5.75 Å². The van der Waals surface area contributed by atoms with E-state index >= 15 is 0 Å². The van der Waals surface area contributed by atoms with Crippen molar-refractivity contribution in [2.45, 2.75) is 58.2 Å². The van der Waals surface area contributed by atoms with E-state index in [2.05, 4.69) is 37.6 Å². The normalized spacial score (nSPS) is 14.8. The molecule has 1 amide bonds. The number of amides is 1. The number of hydrogen-bond acceptors (Lipinski definition) is 7. The van der Waals surface area contributed by atoms with Gasteiger partial charge in [-0.05, 0) is 117 Å². The Morgan fingerprint density at radius 1 is 1.02 bits per heavy atom. The zero-order valence-corrected chi connectivity index (χ0v) is 25.3. The predicted octanol–water partition coefficient (Wildman–Crippen LogP) is 7.95. The molecule has 1 fully saturated rings. The summed E-state index contributed by atoms with van der Waals surface area (Å²) in [5.74, 6) is 0.0406. The average molecular weight is 626 g/mol. The smallest absolute Gasteiger partial charge is 0.406 e. The highest BCUT2D eigenvalue weighted by atomic mass is 19.4. The maximum atomic E-state index is 12.5. The highest BCUT2D eigenvalue weighted by Gasteiger charge is 2.31. The molecule has 1 heterocycles. The third-order valence-corrected chi connectivity index (χ3v) is 7.69. The molecule has 1 aliphatic rings. The Hall–Kier alpha value is -4.45. The molecule has 240 valence electrons. The highest BCUT2D eigenvalue weighted by Crippen LogP contribution is 2.30. The van der Waals surface area contributed by atoms with E-state index in [0.717, 1.165) is 56.6 Å². The number of rotatable bonds is 13. The van der Waals surface area contributed by atoms with Gasteiger partial charge in [0, 0.05) is 23.7 Å². The number of carbonyl (C=O) groups is 1. The molecule has 0 bridgehead atoms. The molecule has 0 radical (unpaired) electrons. The number of likely N-dealkylation sites (tertiary alicyclic amines) is 1. The number of ether oxygens (including phenoxy) is 1. The van der Waals surface area contributed by atoms with Crippen LogP contribution in [0.25, 0.3) is 0 Å². The molecular weight excluding hydrogens is 587 g/mol. The van der Waals surface area contributed by atoms with E-state index in [1.807, 2.05) is 26.0 Å². The fourth-order valence-electron chi connectivity index (χ4n) is 5.18. The minimum atomic E-state index is -4.77. The molecule has 2 N–H and O–H groups in total. The minimum Gasteiger partial charge on any atom is -0.406 e. The van der Waals surface area contributed by atoms with Crippen LogP contribution in [0.3, 0.4) is 0 Å². The Bertz CT molecular complexity index is 1450. The first-order valence-electron chi connectivity index (χ1n) is 15.0. The number of nitrogens with zero attached hydrogens (tertiary/aromatic N) is 3. The molecule has 4 rings (SSSR count). The van der Waals surface area contributed by atoms with Crippen molar-refractivity contribution in [2.75, 3.05) is 30.4 Å². The number of alkyl halides is 3. The molecule has 12 heteroatoms. The SMILES string of the molecule is CC(C)C(=O)Nc1cccc(C2CCN(CCCCC(=NNc3ccc(OC(F)(F)F)cc3)c3ccc([N+](=O)[O-])cc3)CC2)c1. The first kappa shape index (κ1) is 33.4. The number of piperidine rings is 1. The fraction of sp³-hybridized carbons (Fsp3) is 0.394. The van der Waals surface area contributed by atoms with Crippen LogP contribution in [0.4, 0.5) is 30.2 Å². The predicted molar refractivity (Wildman–Crippen MR) is 169 cm³/mol. The first-order valence-corrected chi connectivity index (χ1v) is 15.0. The van der Waals surface area contributed by atoms with Crippen LogP contribution in [0.1, 0.15) is 63.0 Å². The zero-order valence-electron chi connectivity index (χ0n) is 25.3. The number of nitrogens with one attached hydrogen (secondary N) is 2. The molecule has 3 aromatic carbocycles. The number of non-ortho nitro benzene ring substituents is 1. The van der Waals surface area contributed by atoms with Crippen molar-refractivity contribution >= 4 is 28.7 Å². The summed E-state index contributed by atoms with van der Waals surface area (Å²) < 4.78 is 41.3. The zero-order chi connectivity index (χ0) is 32.4. The van der Waals surface area contributed by atoms with Gasteiger partial charge in [0.15, 0.2) is 0 Å². The standard InChI is InChI=1S/C33H38F3N5O4/c1-23(2)32(42)37-28-7-5-6-26(22-28)24-17-20-40(21-18-24)19-4-3-8-31(25-9-13-29(14-10-25)41(43)44)39-38-27-11-15-30(16-12-27)45-33(34,35)36/h5-7,9-16,22-24,38H,3-4,8,17-21H2,1-2H3,(H,37,42). The van der Waals surface area contributed by atoms with E-state index in [-0.39, 0.29) is 23.3 Å². The van der Waals surface area contributed by atoms with Gasteiger partial charge < -0.3 is 15.0 Å². The van der Waals surface area contributed by atoms with Gasteiger partial charge in [-0.1, -0.05) is 26.0 Å². The highest BCUT2D eigenvalue weighted by molar-refractivity contribution is 6.01. The fourth-order valence-corrected chi connectivity index (χ4v) is 5.18. The van der Waals surface area contributed by atoms with E-state index in [1.54, 1.807) is 12.1 Å². The summed E-state index contributed by atoms with van der Waals surface area (Å²) in [7, 11) is 0.